The topological polar surface area (TPSA) is 157 Å². The molecule has 13 heteroatoms. The minimum atomic E-state index is -1.02. The number of ether oxygens (including phenoxy) is 1. The van der Waals surface area contributed by atoms with E-state index in [-0.39, 0.29) is 46.8 Å². The number of carbonyl (C=O) groups excluding carboxylic acids is 3. The van der Waals surface area contributed by atoms with Gasteiger partial charge >= 0.3 is 5.97 Å². The van der Waals surface area contributed by atoms with Gasteiger partial charge < -0.3 is 20.7 Å². The number of halogens is 2. The van der Waals surface area contributed by atoms with E-state index in [0.29, 0.717) is 37.7 Å². The van der Waals surface area contributed by atoms with E-state index in [4.69, 9.17) is 27.9 Å². The van der Waals surface area contributed by atoms with E-state index in [0.717, 1.165) is 27.9 Å². The Kier molecular flexibility index (Phi) is 9.40. The van der Waals surface area contributed by atoms with Crippen LogP contribution in [0.2, 0.25) is 5.02 Å². The van der Waals surface area contributed by atoms with E-state index >= 15 is 0 Å². The number of nitrogens with zero attached hydrogens (tertiary/aromatic N) is 4. The molecule has 230 valence electrons. The summed E-state index contributed by atoms with van der Waals surface area (Å²) in [5, 5.41) is 3.85. The van der Waals surface area contributed by atoms with Gasteiger partial charge in [0.25, 0.3) is 5.91 Å². The molecule has 1 fully saturated rings. The summed E-state index contributed by atoms with van der Waals surface area (Å²) in [5.74, 6) is 3.80. The van der Waals surface area contributed by atoms with Crippen LogP contribution in [0.4, 0.5) is 10.1 Å². The Morgan fingerprint density at radius 3 is 2.52 bits per heavy atom. The van der Waals surface area contributed by atoms with Gasteiger partial charge in [-0.3, -0.25) is 19.4 Å². The molecule has 1 aromatic heterocycles. The van der Waals surface area contributed by atoms with Crippen molar-refractivity contribution in [3.05, 3.63) is 89.0 Å². The SMILES string of the molecule is COC(=O)C1CCC(NC(=O)C2c3cccc(-c4cncnc4)c3CCN2C(=O)/C(N)=C/N(N)c2cccc(Cl)c2F)CC1. The number of hydrazine groups is 1. The second-order valence-corrected chi connectivity index (χ2v) is 11.2. The van der Waals surface area contributed by atoms with E-state index in [9.17, 15) is 18.8 Å². The summed E-state index contributed by atoms with van der Waals surface area (Å²) in [6, 6.07) is 8.65. The average Bonchev–Trinajstić information content (AvgIpc) is 3.05. The average molecular weight is 622 g/mol. The number of nitrogens with one attached hydrogen (secondary N) is 1. The summed E-state index contributed by atoms with van der Waals surface area (Å²) in [6.07, 6.45) is 8.72. The first-order valence-electron chi connectivity index (χ1n) is 14.2. The van der Waals surface area contributed by atoms with Crippen LogP contribution in [0.25, 0.3) is 11.1 Å². The Bertz CT molecular complexity index is 1580. The standard InChI is InChI=1S/C31H33ClFN7O4/c1-44-31(43)18-8-10-20(11-9-18)38-29(41)28-23-5-2-4-21(19-14-36-17-37-15-19)22(23)12-13-39(28)30(42)25(34)16-40(35)26-7-3-6-24(32)27(26)33/h2-7,14-18,20,28H,8-13,34-35H2,1H3,(H,38,41)/b25-16-. The van der Waals surface area contributed by atoms with Crippen molar-refractivity contribution in [3.8, 4) is 11.1 Å². The molecule has 0 radical (unpaired) electrons. The van der Waals surface area contributed by atoms with Crippen LogP contribution in [0.3, 0.4) is 0 Å². The van der Waals surface area contributed by atoms with Gasteiger partial charge in [0.15, 0.2) is 5.82 Å². The number of nitrogens with two attached hydrogens (primary N) is 2. The van der Waals surface area contributed by atoms with Gasteiger partial charge in [-0.25, -0.2) is 20.2 Å². The van der Waals surface area contributed by atoms with Crippen molar-refractivity contribution >= 4 is 35.1 Å². The molecular formula is C31H33ClFN7O4. The first-order chi connectivity index (χ1) is 21.2. The number of esters is 1. The second kappa shape index (κ2) is 13.4. The van der Waals surface area contributed by atoms with Crippen LogP contribution < -0.4 is 21.9 Å². The highest BCUT2D eigenvalue weighted by Crippen LogP contribution is 2.37. The zero-order chi connectivity index (χ0) is 31.4. The van der Waals surface area contributed by atoms with E-state index in [1.165, 1.54) is 36.5 Å². The molecule has 0 bridgehead atoms. The summed E-state index contributed by atoms with van der Waals surface area (Å²) in [5.41, 5.74) is 9.03. The Labute approximate surface area is 259 Å². The van der Waals surface area contributed by atoms with Crippen LogP contribution >= 0.6 is 11.6 Å². The normalized spacial score (nSPS) is 20.0. The quantitative estimate of drug-likeness (QED) is 0.156. The molecule has 1 atom stereocenters. The number of benzene rings is 2. The second-order valence-electron chi connectivity index (χ2n) is 10.8. The maximum absolute atomic E-state index is 14.6. The molecule has 1 aliphatic heterocycles. The van der Waals surface area contributed by atoms with Crippen molar-refractivity contribution < 1.29 is 23.5 Å². The highest BCUT2D eigenvalue weighted by Gasteiger charge is 2.39. The number of fused-ring (bicyclic) bond motifs is 1. The van der Waals surface area contributed by atoms with Gasteiger partial charge in [-0.2, -0.15) is 0 Å². The fraction of sp³-hybridized carbons (Fsp3) is 0.323. The molecule has 1 aliphatic carbocycles. The summed E-state index contributed by atoms with van der Waals surface area (Å²) in [7, 11) is 1.37. The molecule has 1 saturated carbocycles. The number of aromatic nitrogens is 2. The number of amides is 2. The zero-order valence-corrected chi connectivity index (χ0v) is 24.8. The molecule has 2 aromatic carbocycles. The fourth-order valence-corrected chi connectivity index (χ4v) is 6.10. The lowest BCUT2D eigenvalue weighted by atomic mass is 9.84. The van der Waals surface area contributed by atoms with Gasteiger partial charge in [0, 0.05) is 30.5 Å². The van der Waals surface area contributed by atoms with Crippen molar-refractivity contribution in [3.63, 3.8) is 0 Å². The molecule has 2 heterocycles. The first-order valence-corrected chi connectivity index (χ1v) is 14.6. The van der Waals surface area contributed by atoms with Gasteiger partial charge in [0.05, 0.1) is 29.9 Å². The molecular weight excluding hydrogens is 589 g/mol. The third-order valence-corrected chi connectivity index (χ3v) is 8.44. The first kappa shape index (κ1) is 30.9. The van der Waals surface area contributed by atoms with Crippen LogP contribution in [0.1, 0.15) is 42.9 Å². The van der Waals surface area contributed by atoms with E-state index in [2.05, 4.69) is 15.3 Å². The maximum Gasteiger partial charge on any atom is 0.308 e. The van der Waals surface area contributed by atoms with E-state index in [1.54, 1.807) is 12.4 Å². The lowest BCUT2D eigenvalue weighted by Gasteiger charge is -2.38. The predicted octanol–water partition coefficient (Wildman–Crippen LogP) is 3.39. The van der Waals surface area contributed by atoms with Crippen LogP contribution in [0, 0.1) is 11.7 Å². The molecule has 2 aliphatic rings. The molecule has 44 heavy (non-hydrogen) atoms. The van der Waals surface area contributed by atoms with Crippen LogP contribution in [-0.2, 0) is 25.5 Å². The smallest absolute Gasteiger partial charge is 0.308 e. The molecule has 5 rings (SSSR count). The number of hydrogen-bond acceptors (Lipinski definition) is 9. The third-order valence-electron chi connectivity index (χ3n) is 8.14. The highest BCUT2D eigenvalue weighted by molar-refractivity contribution is 6.31. The molecule has 1 unspecified atom stereocenters. The van der Waals surface area contributed by atoms with E-state index < -0.39 is 17.8 Å². The van der Waals surface area contributed by atoms with Crippen molar-refractivity contribution in [2.24, 2.45) is 17.5 Å². The van der Waals surface area contributed by atoms with Gasteiger partial charge in [0.1, 0.15) is 18.1 Å². The predicted molar refractivity (Wildman–Crippen MR) is 162 cm³/mol. The lowest BCUT2D eigenvalue weighted by molar-refractivity contribution is -0.146. The summed E-state index contributed by atoms with van der Waals surface area (Å²) < 4.78 is 19.5. The Balaban J connectivity index is 1.45. The number of hydrogen-bond donors (Lipinski definition) is 3. The van der Waals surface area contributed by atoms with Gasteiger partial charge in [-0.1, -0.05) is 35.9 Å². The van der Waals surface area contributed by atoms with Gasteiger partial charge in [0.2, 0.25) is 5.91 Å². The van der Waals surface area contributed by atoms with Crippen LogP contribution in [-0.4, -0.2) is 52.3 Å². The number of methoxy groups -OCH3 is 1. The Hall–Kier alpha value is -4.55. The third kappa shape index (κ3) is 6.36. The van der Waals surface area contributed by atoms with Crippen LogP contribution in [0.15, 0.2) is 67.0 Å². The van der Waals surface area contributed by atoms with Crippen molar-refractivity contribution in [1.82, 2.24) is 20.2 Å². The molecule has 0 spiro atoms. The fourth-order valence-electron chi connectivity index (χ4n) is 5.93. The zero-order valence-electron chi connectivity index (χ0n) is 24.1. The highest BCUT2D eigenvalue weighted by atomic mass is 35.5. The van der Waals surface area contributed by atoms with Crippen molar-refractivity contribution in [2.75, 3.05) is 18.7 Å². The molecule has 5 N–H and O–H groups in total. The number of rotatable bonds is 7. The maximum atomic E-state index is 14.6. The Morgan fingerprint density at radius 1 is 1.11 bits per heavy atom. The summed E-state index contributed by atoms with van der Waals surface area (Å²) in [6.45, 7) is 0.175. The Morgan fingerprint density at radius 2 is 1.82 bits per heavy atom. The monoisotopic (exact) mass is 621 g/mol. The van der Waals surface area contributed by atoms with Crippen molar-refractivity contribution in [2.45, 2.75) is 44.2 Å². The van der Waals surface area contributed by atoms with E-state index in [1.807, 2.05) is 18.2 Å². The molecule has 0 saturated heterocycles. The number of carbonyl (C=O) groups is 3. The molecule has 3 aromatic rings. The minimum absolute atomic E-state index is 0.0798. The van der Waals surface area contributed by atoms with Gasteiger partial charge in [-0.15, -0.1) is 0 Å². The van der Waals surface area contributed by atoms with Crippen molar-refractivity contribution in [1.29, 1.82) is 0 Å². The minimum Gasteiger partial charge on any atom is -0.469 e. The number of anilines is 1. The van der Waals surface area contributed by atoms with Gasteiger partial charge in [-0.05, 0) is 60.9 Å². The van der Waals surface area contributed by atoms with Crippen LogP contribution in [0.5, 0.6) is 0 Å². The molecule has 11 nitrogen and oxygen atoms in total. The summed E-state index contributed by atoms with van der Waals surface area (Å²) >= 11 is 5.89. The lowest BCUT2D eigenvalue weighted by Crippen LogP contribution is -2.51. The largest absolute Gasteiger partial charge is 0.469 e. The summed E-state index contributed by atoms with van der Waals surface area (Å²) in [4.78, 5) is 49.5. The molecule has 2 amide bonds.